The molecule has 2 nitrogen and oxygen atoms in total. The van der Waals surface area contributed by atoms with Gasteiger partial charge in [0.1, 0.15) is 0 Å². The highest BCUT2D eigenvalue weighted by Crippen LogP contribution is 2.22. The first-order valence-electron chi connectivity index (χ1n) is 3.55. The smallest absolute Gasteiger partial charge is 0.408 e. The molecule has 0 aromatic rings. The van der Waals surface area contributed by atoms with Crippen LogP contribution in [0.4, 0.5) is 0 Å². The van der Waals surface area contributed by atoms with E-state index in [0.29, 0.717) is 5.82 Å². The third-order valence-electron chi connectivity index (χ3n) is 1.74. The van der Waals surface area contributed by atoms with Gasteiger partial charge in [-0.15, -0.1) is 0 Å². The van der Waals surface area contributed by atoms with Gasteiger partial charge in [0.05, 0.1) is 13.2 Å². The van der Waals surface area contributed by atoms with Crippen LogP contribution in [0, 0.1) is 0 Å². The lowest BCUT2D eigenvalue weighted by Crippen LogP contribution is -2.18. The highest BCUT2D eigenvalue weighted by molar-refractivity contribution is 6.48. The second kappa shape index (κ2) is 2.60. The Labute approximate surface area is 60.7 Å². The van der Waals surface area contributed by atoms with E-state index in [1.807, 2.05) is 12.2 Å². The van der Waals surface area contributed by atoms with Gasteiger partial charge in [-0.3, -0.25) is 0 Å². The zero-order valence-corrected chi connectivity index (χ0v) is 5.69. The summed E-state index contributed by atoms with van der Waals surface area (Å²) in [6, 6.07) is 0. The van der Waals surface area contributed by atoms with Crippen molar-refractivity contribution >= 4 is 7.12 Å². The van der Waals surface area contributed by atoms with Crippen molar-refractivity contribution in [3.8, 4) is 0 Å². The van der Waals surface area contributed by atoms with Crippen LogP contribution in [0.2, 0.25) is 5.82 Å². The molecule has 52 valence electrons. The van der Waals surface area contributed by atoms with Crippen LogP contribution in [0.25, 0.3) is 0 Å². The minimum absolute atomic E-state index is 0.0185. The average Bonchev–Trinajstić information content (AvgIpc) is 2.59. The molecular formula is C7H9BO2. The molecule has 0 atom stereocenters. The maximum atomic E-state index is 5.31. The van der Waals surface area contributed by atoms with Crippen LogP contribution in [-0.2, 0) is 9.31 Å². The summed E-state index contributed by atoms with van der Waals surface area (Å²) in [5.74, 6) is 0.350. The Morgan fingerprint density at radius 2 is 1.70 bits per heavy atom. The van der Waals surface area contributed by atoms with Crippen LogP contribution in [0.5, 0.6) is 0 Å². The van der Waals surface area contributed by atoms with Crippen molar-refractivity contribution < 1.29 is 9.31 Å². The summed E-state index contributed by atoms with van der Waals surface area (Å²) in [5, 5.41) is 0. The molecule has 1 aliphatic carbocycles. The molecule has 2 rings (SSSR count). The van der Waals surface area contributed by atoms with Crippen LogP contribution in [0.15, 0.2) is 24.3 Å². The average molecular weight is 136 g/mol. The van der Waals surface area contributed by atoms with Crippen LogP contribution in [0.3, 0.4) is 0 Å². The summed E-state index contributed by atoms with van der Waals surface area (Å²) < 4.78 is 10.6. The topological polar surface area (TPSA) is 18.5 Å². The van der Waals surface area contributed by atoms with Gasteiger partial charge in [-0.25, -0.2) is 0 Å². The van der Waals surface area contributed by atoms with Crippen molar-refractivity contribution in [3.63, 3.8) is 0 Å². The first kappa shape index (κ1) is 6.19. The molecule has 1 saturated heterocycles. The van der Waals surface area contributed by atoms with E-state index >= 15 is 0 Å². The third-order valence-corrected chi connectivity index (χ3v) is 1.74. The Bertz CT molecular complexity index is 158. The summed E-state index contributed by atoms with van der Waals surface area (Å²) in [6.07, 6.45) is 8.23. The maximum absolute atomic E-state index is 5.31. The van der Waals surface area contributed by atoms with Gasteiger partial charge >= 0.3 is 7.12 Å². The van der Waals surface area contributed by atoms with Crippen LogP contribution in [0.1, 0.15) is 0 Å². The number of allylic oxidation sites excluding steroid dienone is 4. The second-order valence-electron chi connectivity index (χ2n) is 2.46. The van der Waals surface area contributed by atoms with Gasteiger partial charge < -0.3 is 9.31 Å². The summed E-state index contributed by atoms with van der Waals surface area (Å²) in [4.78, 5) is 0. The molecule has 0 spiro atoms. The van der Waals surface area contributed by atoms with E-state index in [0.717, 1.165) is 13.2 Å². The largest absolute Gasteiger partial charge is 0.468 e. The molecular weight excluding hydrogens is 127 g/mol. The van der Waals surface area contributed by atoms with Gasteiger partial charge in [0.2, 0.25) is 0 Å². The van der Waals surface area contributed by atoms with Crippen molar-refractivity contribution in [2.24, 2.45) is 0 Å². The van der Waals surface area contributed by atoms with Gasteiger partial charge in [-0.05, 0) is 0 Å². The Morgan fingerprint density at radius 1 is 1.10 bits per heavy atom. The fraction of sp³-hybridized carbons (Fsp3) is 0.429. The molecule has 0 aromatic carbocycles. The number of rotatable bonds is 1. The van der Waals surface area contributed by atoms with Crippen LogP contribution >= 0.6 is 0 Å². The highest BCUT2D eigenvalue weighted by Gasteiger charge is 2.31. The summed E-state index contributed by atoms with van der Waals surface area (Å²) in [6.45, 7) is 1.48. The molecule has 1 aliphatic heterocycles. The molecule has 3 heteroatoms. The van der Waals surface area contributed by atoms with E-state index in [1.54, 1.807) is 0 Å². The zero-order chi connectivity index (χ0) is 6.81. The van der Waals surface area contributed by atoms with E-state index in [9.17, 15) is 0 Å². The van der Waals surface area contributed by atoms with Crippen LogP contribution in [-0.4, -0.2) is 20.3 Å². The highest BCUT2D eigenvalue weighted by atomic mass is 16.6. The molecule has 2 aliphatic rings. The molecule has 0 bridgehead atoms. The van der Waals surface area contributed by atoms with Gasteiger partial charge in [0, 0.05) is 5.82 Å². The van der Waals surface area contributed by atoms with Gasteiger partial charge in [0.15, 0.2) is 0 Å². The second-order valence-corrected chi connectivity index (χ2v) is 2.46. The first-order valence-corrected chi connectivity index (χ1v) is 3.55. The van der Waals surface area contributed by atoms with Crippen molar-refractivity contribution in [1.82, 2.24) is 0 Å². The number of hydrogen-bond acceptors (Lipinski definition) is 2. The SMILES string of the molecule is C1=CC(B2OCCO2)C=C1. The molecule has 0 saturated carbocycles. The molecule has 1 heterocycles. The lowest BCUT2D eigenvalue weighted by molar-refractivity contribution is 0.365. The fourth-order valence-electron chi connectivity index (χ4n) is 1.23. The lowest BCUT2D eigenvalue weighted by Gasteiger charge is -2.06. The third kappa shape index (κ3) is 1.02. The summed E-state index contributed by atoms with van der Waals surface area (Å²) in [7, 11) is -0.0185. The Kier molecular flexibility index (Phi) is 1.61. The molecule has 0 aromatic heterocycles. The minimum atomic E-state index is -0.0185. The Hall–Kier alpha value is -0.535. The predicted molar refractivity (Wildman–Crippen MR) is 39.7 cm³/mol. The van der Waals surface area contributed by atoms with E-state index < -0.39 is 0 Å². The van der Waals surface area contributed by atoms with Crippen molar-refractivity contribution in [1.29, 1.82) is 0 Å². The van der Waals surface area contributed by atoms with Gasteiger partial charge in [0.25, 0.3) is 0 Å². The van der Waals surface area contributed by atoms with E-state index in [2.05, 4.69) is 12.2 Å². The Balaban J connectivity index is 1.98. The van der Waals surface area contributed by atoms with Crippen molar-refractivity contribution in [3.05, 3.63) is 24.3 Å². The summed E-state index contributed by atoms with van der Waals surface area (Å²) in [5.41, 5.74) is 0. The molecule has 0 N–H and O–H groups in total. The molecule has 10 heavy (non-hydrogen) atoms. The fourth-order valence-corrected chi connectivity index (χ4v) is 1.23. The van der Waals surface area contributed by atoms with Crippen molar-refractivity contribution in [2.75, 3.05) is 13.2 Å². The monoisotopic (exact) mass is 136 g/mol. The Morgan fingerprint density at radius 3 is 2.30 bits per heavy atom. The molecule has 1 fully saturated rings. The van der Waals surface area contributed by atoms with E-state index in [4.69, 9.17) is 9.31 Å². The van der Waals surface area contributed by atoms with Crippen LogP contribution < -0.4 is 0 Å². The van der Waals surface area contributed by atoms with Gasteiger partial charge in [-0.1, -0.05) is 24.3 Å². The maximum Gasteiger partial charge on any atom is 0.468 e. The molecule has 0 amide bonds. The van der Waals surface area contributed by atoms with Crippen molar-refractivity contribution in [2.45, 2.75) is 5.82 Å². The molecule has 0 radical (unpaired) electrons. The minimum Gasteiger partial charge on any atom is -0.408 e. The predicted octanol–water partition coefficient (Wildman–Crippen LogP) is 1.02. The van der Waals surface area contributed by atoms with Gasteiger partial charge in [-0.2, -0.15) is 0 Å². The first-order chi connectivity index (χ1) is 4.97. The standard InChI is InChI=1S/C7H9BO2/c1-2-4-7(3-1)8-9-5-6-10-8/h1-4,7H,5-6H2. The van der Waals surface area contributed by atoms with E-state index in [1.165, 1.54) is 0 Å². The number of hydrogen-bond donors (Lipinski definition) is 0. The normalized spacial score (nSPS) is 25.0. The zero-order valence-electron chi connectivity index (χ0n) is 5.69. The molecule has 0 unspecified atom stereocenters. The van der Waals surface area contributed by atoms with E-state index in [-0.39, 0.29) is 7.12 Å². The lowest BCUT2D eigenvalue weighted by atomic mass is 9.73. The quantitative estimate of drug-likeness (QED) is 0.501. The summed E-state index contributed by atoms with van der Waals surface area (Å²) >= 11 is 0.